The molecule has 0 aliphatic rings. The van der Waals surface area contributed by atoms with Crippen LogP contribution in [0.1, 0.15) is 30.8 Å². The highest BCUT2D eigenvalue weighted by molar-refractivity contribution is 7.90. The highest BCUT2D eigenvalue weighted by Gasteiger charge is 2.27. The summed E-state index contributed by atoms with van der Waals surface area (Å²) in [7, 11) is -4.04. The summed E-state index contributed by atoms with van der Waals surface area (Å²) >= 11 is 0. The van der Waals surface area contributed by atoms with E-state index in [9.17, 15) is 17.6 Å². The van der Waals surface area contributed by atoms with Crippen molar-refractivity contribution >= 4 is 26.8 Å². The molecule has 2 aromatic heterocycles. The van der Waals surface area contributed by atoms with Gasteiger partial charge in [-0.1, -0.05) is 32.0 Å². The van der Waals surface area contributed by atoms with Crippen LogP contribution >= 0.6 is 0 Å². The fourth-order valence-electron chi connectivity index (χ4n) is 2.65. The van der Waals surface area contributed by atoms with Crippen LogP contribution in [0.5, 0.6) is 0 Å². The number of nitrogens with zero attached hydrogens (tertiary/aromatic N) is 2. The lowest BCUT2D eigenvalue weighted by Crippen LogP contribution is -2.19. The van der Waals surface area contributed by atoms with Crippen molar-refractivity contribution in [1.82, 2.24) is 8.96 Å². The molecule has 1 aromatic carbocycles. The predicted molar refractivity (Wildman–Crippen MR) is 92.5 cm³/mol. The van der Waals surface area contributed by atoms with E-state index in [1.807, 2.05) is 13.8 Å². The van der Waals surface area contributed by atoms with Crippen molar-refractivity contribution in [2.45, 2.75) is 25.2 Å². The molecule has 3 rings (SSSR count). The first-order valence-electron chi connectivity index (χ1n) is 7.81. The molecule has 2 heterocycles. The minimum atomic E-state index is -4.04. The summed E-state index contributed by atoms with van der Waals surface area (Å²) in [5.41, 5.74) is 0.0306. The highest BCUT2D eigenvalue weighted by Crippen LogP contribution is 2.26. The van der Waals surface area contributed by atoms with Gasteiger partial charge >= 0.3 is 0 Å². The van der Waals surface area contributed by atoms with Crippen molar-refractivity contribution in [3.05, 3.63) is 60.2 Å². The van der Waals surface area contributed by atoms with E-state index in [1.165, 1.54) is 24.3 Å². The molecule has 0 spiro atoms. The number of Topliss-reactive ketones (excluding diaryl/α,β-unsaturated/α-hetero) is 1. The van der Waals surface area contributed by atoms with Crippen molar-refractivity contribution in [2.75, 3.05) is 0 Å². The number of hydrogen-bond donors (Lipinski definition) is 0. The van der Waals surface area contributed by atoms with E-state index in [2.05, 4.69) is 4.98 Å². The second-order valence-corrected chi connectivity index (χ2v) is 7.99. The van der Waals surface area contributed by atoms with Gasteiger partial charge in [-0.2, -0.15) is 0 Å². The Labute approximate surface area is 145 Å². The number of carbonyl (C=O) groups excluding carboxylic acids is 1. The van der Waals surface area contributed by atoms with E-state index in [0.29, 0.717) is 0 Å². The number of hydrogen-bond acceptors (Lipinski definition) is 4. The molecule has 0 saturated heterocycles. The second kappa shape index (κ2) is 6.40. The standard InChI is InChI=1S/C18H17FN2O3S/c1-12(2)8-17(22)16-10-13-9-14(19)11-20-18(13)21(16)25(23,24)15-6-4-3-5-7-15/h3-7,9-12H,8H2,1-2H3. The van der Waals surface area contributed by atoms with Gasteiger partial charge in [0.05, 0.1) is 11.1 Å². The number of halogens is 1. The third-order valence-electron chi connectivity index (χ3n) is 3.73. The molecular weight excluding hydrogens is 343 g/mol. The Hall–Kier alpha value is -2.54. The van der Waals surface area contributed by atoms with Crippen molar-refractivity contribution in [3.8, 4) is 0 Å². The summed E-state index contributed by atoms with van der Waals surface area (Å²) in [5.74, 6) is -0.861. The average Bonchev–Trinajstić information content (AvgIpc) is 2.94. The maximum absolute atomic E-state index is 13.5. The second-order valence-electron chi connectivity index (χ2n) is 6.20. The minimum Gasteiger partial charge on any atom is -0.292 e. The summed E-state index contributed by atoms with van der Waals surface area (Å²) in [6.45, 7) is 3.74. The third-order valence-corrected chi connectivity index (χ3v) is 5.44. The maximum atomic E-state index is 13.5. The van der Waals surface area contributed by atoms with Crippen molar-refractivity contribution in [2.24, 2.45) is 5.92 Å². The van der Waals surface area contributed by atoms with Crippen LogP contribution in [0.25, 0.3) is 11.0 Å². The molecule has 3 aromatic rings. The average molecular weight is 360 g/mol. The molecule has 0 aliphatic carbocycles. The van der Waals surface area contributed by atoms with Crippen LogP contribution < -0.4 is 0 Å². The smallest absolute Gasteiger partial charge is 0.270 e. The molecule has 0 unspecified atom stereocenters. The van der Waals surface area contributed by atoms with Gasteiger partial charge in [-0.15, -0.1) is 0 Å². The number of rotatable bonds is 5. The van der Waals surface area contributed by atoms with E-state index in [-0.39, 0.29) is 39.7 Å². The summed E-state index contributed by atoms with van der Waals surface area (Å²) in [6, 6.07) is 10.3. The van der Waals surface area contributed by atoms with Gasteiger partial charge in [-0.25, -0.2) is 21.8 Å². The number of fused-ring (bicyclic) bond motifs is 1. The molecule has 130 valence electrons. The molecule has 5 nitrogen and oxygen atoms in total. The van der Waals surface area contributed by atoms with E-state index < -0.39 is 15.8 Å². The Morgan fingerprint density at radius 1 is 1.20 bits per heavy atom. The van der Waals surface area contributed by atoms with Crippen molar-refractivity contribution < 1.29 is 17.6 Å². The molecule has 0 saturated carbocycles. The molecule has 0 fully saturated rings. The highest BCUT2D eigenvalue weighted by atomic mass is 32.2. The van der Waals surface area contributed by atoms with E-state index in [1.54, 1.807) is 18.2 Å². The fraction of sp³-hybridized carbons (Fsp3) is 0.222. The lowest BCUT2D eigenvalue weighted by molar-refractivity contribution is 0.0962. The number of aromatic nitrogens is 2. The zero-order valence-corrected chi connectivity index (χ0v) is 14.6. The van der Waals surface area contributed by atoms with Gasteiger partial charge in [0, 0.05) is 11.8 Å². The van der Waals surface area contributed by atoms with Gasteiger partial charge in [0.2, 0.25) is 0 Å². The Morgan fingerprint density at radius 2 is 1.88 bits per heavy atom. The Kier molecular flexibility index (Phi) is 4.43. The first kappa shape index (κ1) is 17.3. The summed E-state index contributed by atoms with van der Waals surface area (Å²) < 4.78 is 40.6. The van der Waals surface area contributed by atoms with Crippen LogP contribution in [0.3, 0.4) is 0 Å². The zero-order valence-electron chi connectivity index (χ0n) is 13.8. The SMILES string of the molecule is CC(C)CC(=O)c1cc2cc(F)cnc2n1S(=O)(=O)c1ccccc1. The Morgan fingerprint density at radius 3 is 2.52 bits per heavy atom. The van der Waals surface area contributed by atoms with Crippen molar-refractivity contribution in [1.29, 1.82) is 0 Å². The van der Waals surface area contributed by atoms with Crippen LogP contribution in [0, 0.1) is 11.7 Å². The molecule has 0 aliphatic heterocycles. The summed E-state index contributed by atoms with van der Waals surface area (Å²) in [5, 5.41) is 0.270. The van der Waals surface area contributed by atoms with E-state index >= 15 is 0 Å². The lowest BCUT2D eigenvalue weighted by atomic mass is 10.1. The number of ketones is 1. The van der Waals surface area contributed by atoms with Gasteiger partial charge in [0.25, 0.3) is 10.0 Å². The van der Waals surface area contributed by atoms with Crippen LogP contribution in [-0.2, 0) is 10.0 Å². The molecule has 7 heteroatoms. The number of pyridine rings is 1. The first-order valence-corrected chi connectivity index (χ1v) is 9.25. The van der Waals surface area contributed by atoms with Gasteiger partial charge in [-0.05, 0) is 30.2 Å². The Balaban J connectivity index is 2.30. The maximum Gasteiger partial charge on any atom is 0.270 e. The molecule has 0 radical (unpaired) electrons. The molecule has 0 bridgehead atoms. The van der Waals surface area contributed by atoms with Gasteiger partial charge in [0.15, 0.2) is 11.4 Å². The van der Waals surface area contributed by atoms with Gasteiger partial charge in [0.1, 0.15) is 11.5 Å². The van der Waals surface area contributed by atoms with Crippen LogP contribution in [0.15, 0.2) is 53.6 Å². The van der Waals surface area contributed by atoms with Crippen LogP contribution in [0.2, 0.25) is 0 Å². The fourth-order valence-corrected chi connectivity index (χ4v) is 4.16. The normalized spacial score (nSPS) is 12.0. The summed E-state index contributed by atoms with van der Waals surface area (Å²) in [6.07, 6.45) is 1.12. The third kappa shape index (κ3) is 3.19. The predicted octanol–water partition coefficient (Wildman–Crippen LogP) is 3.64. The molecule has 0 N–H and O–H groups in total. The topological polar surface area (TPSA) is 69.0 Å². The molecule has 0 atom stereocenters. The minimum absolute atomic E-state index is 0.00865. The number of carbonyl (C=O) groups is 1. The zero-order chi connectivity index (χ0) is 18.2. The van der Waals surface area contributed by atoms with Gasteiger partial charge in [-0.3, -0.25) is 4.79 Å². The first-order chi connectivity index (χ1) is 11.8. The largest absolute Gasteiger partial charge is 0.292 e. The number of benzene rings is 1. The Bertz CT molecular complexity index is 1040. The molecule has 0 amide bonds. The summed E-state index contributed by atoms with van der Waals surface area (Å²) in [4.78, 5) is 16.6. The van der Waals surface area contributed by atoms with Crippen LogP contribution in [-0.4, -0.2) is 23.2 Å². The monoisotopic (exact) mass is 360 g/mol. The van der Waals surface area contributed by atoms with E-state index in [0.717, 1.165) is 10.2 Å². The van der Waals surface area contributed by atoms with Crippen LogP contribution in [0.4, 0.5) is 4.39 Å². The molecule has 25 heavy (non-hydrogen) atoms. The lowest BCUT2D eigenvalue weighted by Gasteiger charge is -2.11. The molecular formula is C18H17FN2O3S. The van der Waals surface area contributed by atoms with Gasteiger partial charge < -0.3 is 0 Å². The van der Waals surface area contributed by atoms with E-state index in [4.69, 9.17) is 0 Å². The quantitative estimate of drug-likeness (QED) is 0.652. The van der Waals surface area contributed by atoms with Crippen molar-refractivity contribution in [3.63, 3.8) is 0 Å².